The van der Waals surface area contributed by atoms with Crippen LogP contribution in [0.2, 0.25) is 0 Å². The fraction of sp³-hybridized carbons (Fsp3) is 0.812. The van der Waals surface area contributed by atoms with Crippen molar-refractivity contribution in [3.63, 3.8) is 0 Å². The van der Waals surface area contributed by atoms with Crippen LogP contribution in [0.1, 0.15) is 84.0 Å². The number of hydrogen-bond acceptors (Lipinski definition) is 1. The van der Waals surface area contributed by atoms with Crippen LogP contribution >= 0.6 is 0 Å². The van der Waals surface area contributed by atoms with Crippen LogP contribution in [0.15, 0.2) is 12.2 Å². The van der Waals surface area contributed by atoms with Gasteiger partial charge in [-0.2, -0.15) is 0 Å². The molecule has 3 heteroatoms. The molecule has 0 fully saturated rings. The van der Waals surface area contributed by atoms with Crippen molar-refractivity contribution < 1.29 is 39.5 Å². The predicted octanol–water partition coefficient (Wildman–Crippen LogP) is 2.33. The monoisotopic (exact) mass is 277 g/mol. The Morgan fingerprint density at radius 1 is 0.842 bits per heavy atom. The van der Waals surface area contributed by atoms with Gasteiger partial charge in [0.1, 0.15) is 0 Å². The molecule has 0 amide bonds. The molecule has 0 saturated carbocycles. The summed E-state index contributed by atoms with van der Waals surface area (Å²) in [5.74, 6) is -0.666. The zero-order chi connectivity index (χ0) is 13.5. The molecule has 2 nitrogen and oxygen atoms in total. The Labute approximate surface area is 141 Å². The number of rotatable bonds is 13. The molecule has 0 rings (SSSR count). The minimum absolute atomic E-state index is 0. The molecule has 0 aliphatic heterocycles. The largest absolute Gasteiger partial charge is 1.00 e. The van der Waals surface area contributed by atoms with Crippen molar-refractivity contribution in [3.05, 3.63) is 12.2 Å². The van der Waals surface area contributed by atoms with E-state index in [9.17, 15) is 4.79 Å². The minimum atomic E-state index is -0.666. The maximum atomic E-state index is 10.3. The third kappa shape index (κ3) is 20.7. The van der Waals surface area contributed by atoms with Crippen molar-refractivity contribution >= 4 is 5.97 Å². The van der Waals surface area contributed by atoms with Gasteiger partial charge in [0.2, 0.25) is 0 Å². The Morgan fingerprint density at radius 3 is 1.84 bits per heavy atom. The van der Waals surface area contributed by atoms with Gasteiger partial charge in [0.05, 0.1) is 0 Å². The number of aliphatic carboxylic acids is 1. The van der Waals surface area contributed by atoms with Gasteiger partial charge in [-0.25, -0.2) is 0 Å². The molecule has 0 aliphatic carbocycles. The van der Waals surface area contributed by atoms with Crippen molar-refractivity contribution in [1.29, 1.82) is 0 Å². The van der Waals surface area contributed by atoms with Crippen LogP contribution in [-0.4, -0.2) is 11.1 Å². The van der Waals surface area contributed by atoms with E-state index < -0.39 is 5.97 Å². The smallest absolute Gasteiger partial charge is 0.481 e. The van der Waals surface area contributed by atoms with Gasteiger partial charge in [-0.15, -0.1) is 0 Å². The van der Waals surface area contributed by atoms with Crippen molar-refractivity contribution in [1.82, 2.24) is 0 Å². The van der Waals surface area contributed by atoms with Crippen molar-refractivity contribution in [2.75, 3.05) is 0 Å². The van der Waals surface area contributed by atoms with Gasteiger partial charge < -0.3 is 5.11 Å². The van der Waals surface area contributed by atoms with Crippen LogP contribution in [0.3, 0.4) is 0 Å². The SMILES string of the molecule is CCCCCC/C=C\CCCCCCCC(=O)O.[Na+]. The van der Waals surface area contributed by atoms with Crippen LogP contribution < -0.4 is 29.6 Å². The molecule has 0 aromatic rings. The Hall–Kier alpha value is 0.210. The van der Waals surface area contributed by atoms with E-state index in [1.165, 1.54) is 57.8 Å². The quantitative estimate of drug-likeness (QED) is 0.319. The van der Waals surface area contributed by atoms with Crippen LogP contribution in [0.4, 0.5) is 0 Å². The second-order valence-electron chi connectivity index (χ2n) is 5.02. The Kier molecular flexibility index (Phi) is 20.6. The summed E-state index contributed by atoms with van der Waals surface area (Å²) in [4.78, 5) is 10.3. The average molecular weight is 277 g/mol. The second-order valence-corrected chi connectivity index (χ2v) is 5.02. The number of allylic oxidation sites excluding steroid dienone is 2. The fourth-order valence-electron chi connectivity index (χ4n) is 1.99. The Balaban J connectivity index is 0. The average Bonchev–Trinajstić information content (AvgIpc) is 2.34. The van der Waals surface area contributed by atoms with E-state index >= 15 is 0 Å². The van der Waals surface area contributed by atoms with Gasteiger partial charge in [0.15, 0.2) is 0 Å². The van der Waals surface area contributed by atoms with E-state index in [2.05, 4.69) is 19.1 Å². The molecule has 0 aliphatic rings. The van der Waals surface area contributed by atoms with Crippen LogP contribution in [0.25, 0.3) is 0 Å². The molecule has 0 aromatic heterocycles. The van der Waals surface area contributed by atoms with E-state index in [1.807, 2.05) is 0 Å². The first-order valence-electron chi connectivity index (χ1n) is 7.64. The third-order valence-electron chi connectivity index (χ3n) is 3.15. The van der Waals surface area contributed by atoms with E-state index in [4.69, 9.17) is 5.11 Å². The Bertz CT molecular complexity index is 215. The number of carboxylic acid groups (broad SMARTS) is 1. The second kappa shape index (κ2) is 18.2. The summed E-state index contributed by atoms with van der Waals surface area (Å²) in [5.41, 5.74) is 0. The molecule has 0 heterocycles. The first-order chi connectivity index (χ1) is 8.77. The third-order valence-corrected chi connectivity index (χ3v) is 3.15. The maximum absolute atomic E-state index is 10.3. The van der Waals surface area contributed by atoms with E-state index in [0.29, 0.717) is 6.42 Å². The molecule has 0 atom stereocenters. The van der Waals surface area contributed by atoms with E-state index in [1.54, 1.807) is 0 Å². The molecule has 0 unspecified atom stereocenters. The van der Waals surface area contributed by atoms with Crippen molar-refractivity contribution in [2.24, 2.45) is 0 Å². The molecule has 106 valence electrons. The number of carboxylic acids is 1. The summed E-state index contributed by atoms with van der Waals surface area (Å²) in [7, 11) is 0. The normalized spacial score (nSPS) is 10.6. The summed E-state index contributed by atoms with van der Waals surface area (Å²) in [5, 5.41) is 8.48. The summed E-state index contributed by atoms with van der Waals surface area (Å²) in [6.45, 7) is 2.24. The molecule has 0 radical (unpaired) electrons. The molecule has 19 heavy (non-hydrogen) atoms. The summed E-state index contributed by atoms with van der Waals surface area (Å²) < 4.78 is 0. The van der Waals surface area contributed by atoms with Gasteiger partial charge >= 0.3 is 35.5 Å². The van der Waals surface area contributed by atoms with Crippen molar-refractivity contribution in [3.8, 4) is 0 Å². The predicted molar refractivity (Wildman–Crippen MR) is 77.9 cm³/mol. The summed E-state index contributed by atoms with van der Waals surface area (Å²) >= 11 is 0. The van der Waals surface area contributed by atoms with Crippen LogP contribution in [0.5, 0.6) is 0 Å². The maximum Gasteiger partial charge on any atom is 1.00 e. The zero-order valence-corrected chi connectivity index (χ0v) is 15.0. The van der Waals surface area contributed by atoms with Gasteiger partial charge in [-0.1, -0.05) is 57.6 Å². The molecular formula is C16H30NaO2+. The molecule has 0 saturated heterocycles. The Morgan fingerprint density at radius 2 is 1.32 bits per heavy atom. The topological polar surface area (TPSA) is 37.3 Å². The molecular weight excluding hydrogens is 247 g/mol. The van der Waals surface area contributed by atoms with Gasteiger partial charge in [-0.05, 0) is 32.1 Å². The summed E-state index contributed by atoms with van der Waals surface area (Å²) in [6, 6.07) is 0. The van der Waals surface area contributed by atoms with Crippen LogP contribution in [0, 0.1) is 0 Å². The first kappa shape index (κ1) is 21.5. The first-order valence-corrected chi connectivity index (χ1v) is 7.64. The molecule has 0 spiro atoms. The number of unbranched alkanes of at least 4 members (excludes halogenated alkanes) is 9. The minimum Gasteiger partial charge on any atom is -0.481 e. The standard InChI is InChI=1S/C16H30O2.Na/c1-2-3-4-5-6-7-8-9-10-11-12-13-14-15-16(17)18;/h7-8H,2-6,9-15H2,1H3,(H,17,18);/q;+1/b8-7-;. The zero-order valence-electron chi connectivity index (χ0n) is 13.0. The molecule has 1 N–H and O–H groups in total. The van der Waals surface area contributed by atoms with Crippen molar-refractivity contribution in [2.45, 2.75) is 84.0 Å². The summed E-state index contributed by atoms with van der Waals surface area (Å²) in [6.07, 6.45) is 18.3. The molecule has 0 bridgehead atoms. The van der Waals surface area contributed by atoms with Crippen LogP contribution in [-0.2, 0) is 4.79 Å². The van der Waals surface area contributed by atoms with E-state index in [-0.39, 0.29) is 29.6 Å². The van der Waals surface area contributed by atoms with Gasteiger partial charge in [-0.3, -0.25) is 4.79 Å². The van der Waals surface area contributed by atoms with E-state index in [0.717, 1.165) is 12.8 Å². The molecule has 0 aromatic carbocycles. The van der Waals surface area contributed by atoms with Gasteiger partial charge in [0, 0.05) is 6.42 Å². The number of carbonyl (C=O) groups is 1. The fourth-order valence-corrected chi connectivity index (χ4v) is 1.99. The number of hydrogen-bond donors (Lipinski definition) is 1. The van der Waals surface area contributed by atoms with Gasteiger partial charge in [0.25, 0.3) is 0 Å².